The van der Waals surface area contributed by atoms with Crippen LogP contribution in [0.25, 0.3) is 0 Å². The number of fused-ring (bicyclic) bond motifs is 1. The molecule has 1 aliphatic heterocycles. The molecular weight excluding hydrogens is 569 g/mol. The Balaban J connectivity index is 0.937. The maximum Gasteiger partial charge on any atom is 0.308 e. The van der Waals surface area contributed by atoms with E-state index in [-0.39, 0.29) is 47.6 Å². The summed E-state index contributed by atoms with van der Waals surface area (Å²) in [7, 11) is 0. The summed E-state index contributed by atoms with van der Waals surface area (Å²) in [4.78, 5) is 39.4. The van der Waals surface area contributed by atoms with Gasteiger partial charge in [0.1, 0.15) is 11.4 Å². The van der Waals surface area contributed by atoms with Gasteiger partial charge in [0, 0.05) is 30.6 Å². The van der Waals surface area contributed by atoms with Gasteiger partial charge in [-0.3, -0.25) is 14.4 Å². The number of rotatable bonds is 16. The fourth-order valence-corrected chi connectivity index (χ4v) is 7.84. The van der Waals surface area contributed by atoms with Gasteiger partial charge in [-0.25, -0.2) is 4.39 Å². The van der Waals surface area contributed by atoms with E-state index >= 15 is 0 Å². The molecule has 1 heterocycles. The fourth-order valence-electron chi connectivity index (χ4n) is 7.84. The van der Waals surface area contributed by atoms with Gasteiger partial charge in [-0.2, -0.15) is 0 Å². The minimum Gasteiger partial charge on any atom is -0.460 e. The number of nitrogens with zero attached hydrogens (tertiary/aromatic N) is 1. The largest absolute Gasteiger partial charge is 0.460 e. The lowest BCUT2D eigenvalue weighted by molar-refractivity contribution is -0.156. The number of hydrogen-bond donors (Lipinski definition) is 2. The first-order valence-electron chi connectivity index (χ1n) is 16.0. The monoisotopic (exact) mass is 617 g/mol. The average Bonchev–Trinajstić information content (AvgIpc) is 3.53. The van der Waals surface area contributed by atoms with Crippen molar-refractivity contribution in [3.05, 3.63) is 35.1 Å². The topological polar surface area (TPSA) is 115 Å². The fraction of sp³-hybridized carbons (Fsp3) is 0.727. The van der Waals surface area contributed by atoms with Crippen LogP contribution < -0.4 is 10.6 Å². The van der Waals surface area contributed by atoms with Crippen LogP contribution in [0.3, 0.4) is 0 Å². The Morgan fingerprint density at radius 2 is 1.61 bits per heavy atom. The van der Waals surface area contributed by atoms with Crippen LogP contribution in [0.15, 0.2) is 18.2 Å². The van der Waals surface area contributed by atoms with Gasteiger partial charge in [-0.15, -0.1) is 0 Å². The quantitative estimate of drug-likeness (QED) is 0.215. The number of nitrogens with one attached hydrogen (secondary N) is 2. The molecule has 1 aromatic carbocycles. The molecule has 4 atom stereocenters. The van der Waals surface area contributed by atoms with Crippen LogP contribution in [-0.4, -0.2) is 85.5 Å². The molecule has 4 unspecified atom stereocenters. The van der Waals surface area contributed by atoms with E-state index in [2.05, 4.69) is 10.6 Å². The van der Waals surface area contributed by atoms with Crippen molar-refractivity contribution in [3.63, 3.8) is 0 Å². The smallest absolute Gasteiger partial charge is 0.308 e. The van der Waals surface area contributed by atoms with Gasteiger partial charge in [0.05, 0.1) is 52.6 Å². The minimum atomic E-state index is -0.493. The Morgan fingerprint density at radius 3 is 2.34 bits per heavy atom. The van der Waals surface area contributed by atoms with Gasteiger partial charge in [0.2, 0.25) is 11.8 Å². The maximum atomic E-state index is 13.6. The highest BCUT2D eigenvalue weighted by Crippen LogP contribution is 2.62. The van der Waals surface area contributed by atoms with Gasteiger partial charge in [0.15, 0.2) is 0 Å². The summed E-state index contributed by atoms with van der Waals surface area (Å²) in [6.45, 7) is 8.91. The van der Waals surface area contributed by atoms with Crippen LogP contribution in [0.1, 0.15) is 76.8 Å². The predicted octanol–water partition coefficient (Wildman–Crippen LogP) is 3.25. The van der Waals surface area contributed by atoms with Gasteiger partial charge >= 0.3 is 5.97 Å². The Morgan fingerprint density at radius 1 is 0.932 bits per heavy atom. The maximum absolute atomic E-state index is 13.6. The van der Waals surface area contributed by atoms with Crippen LogP contribution in [0.5, 0.6) is 0 Å². The molecule has 4 saturated carbocycles. The molecule has 0 spiro atoms. The van der Waals surface area contributed by atoms with Crippen molar-refractivity contribution >= 4 is 17.8 Å². The third-order valence-electron chi connectivity index (χ3n) is 9.35. The predicted molar refractivity (Wildman–Crippen MR) is 160 cm³/mol. The number of carbonyl (C=O) groups excluding carboxylic acids is 3. The van der Waals surface area contributed by atoms with Crippen LogP contribution in [0, 0.1) is 17.7 Å². The van der Waals surface area contributed by atoms with E-state index in [0.29, 0.717) is 71.0 Å². The van der Waals surface area contributed by atoms with Crippen LogP contribution in [-0.2, 0) is 46.4 Å². The Bertz CT molecular complexity index is 1210. The number of carbonyl (C=O) groups is 3. The number of hydrogen-bond acceptors (Lipinski definition) is 8. The lowest BCUT2D eigenvalue weighted by atomic mass is 9.74. The molecule has 4 bridgehead atoms. The van der Waals surface area contributed by atoms with Crippen molar-refractivity contribution in [1.82, 2.24) is 15.5 Å². The van der Waals surface area contributed by atoms with E-state index in [0.717, 1.165) is 43.2 Å². The van der Waals surface area contributed by atoms with Crippen molar-refractivity contribution in [2.24, 2.45) is 11.8 Å². The molecule has 0 radical (unpaired) electrons. The van der Waals surface area contributed by atoms with E-state index in [1.54, 1.807) is 11.0 Å². The highest BCUT2D eigenvalue weighted by atomic mass is 19.1. The van der Waals surface area contributed by atoms with E-state index < -0.39 is 5.60 Å². The Hall–Kier alpha value is -2.60. The van der Waals surface area contributed by atoms with Gasteiger partial charge in [-0.05, 0) is 88.0 Å². The summed E-state index contributed by atoms with van der Waals surface area (Å²) in [5.74, 6) is 0.491. The van der Waals surface area contributed by atoms with Crippen molar-refractivity contribution < 1.29 is 37.7 Å². The van der Waals surface area contributed by atoms with E-state index in [9.17, 15) is 18.8 Å². The minimum absolute atomic E-state index is 0.000421. The second-order valence-corrected chi connectivity index (χ2v) is 14.0. The molecule has 6 rings (SSSR count). The molecule has 4 fully saturated rings. The molecule has 1 aromatic rings. The summed E-state index contributed by atoms with van der Waals surface area (Å²) in [6.07, 6.45) is 5.48. The highest BCUT2D eigenvalue weighted by Gasteiger charge is 2.64. The molecule has 0 aromatic heterocycles. The molecule has 0 saturated heterocycles. The zero-order valence-corrected chi connectivity index (χ0v) is 26.4. The van der Waals surface area contributed by atoms with Gasteiger partial charge in [0.25, 0.3) is 0 Å². The Kier molecular flexibility index (Phi) is 10.3. The summed E-state index contributed by atoms with van der Waals surface area (Å²) >= 11 is 0. The van der Waals surface area contributed by atoms with Crippen LogP contribution in [0.2, 0.25) is 0 Å². The van der Waals surface area contributed by atoms with Crippen LogP contribution >= 0.6 is 0 Å². The molecular formula is C33H48FN3O7. The number of halogens is 1. The number of amides is 2. The average molecular weight is 618 g/mol. The van der Waals surface area contributed by atoms with Crippen molar-refractivity contribution in [2.45, 2.75) is 95.5 Å². The van der Waals surface area contributed by atoms with Crippen molar-refractivity contribution in [2.75, 3.05) is 46.2 Å². The molecule has 5 aliphatic rings. The zero-order chi connectivity index (χ0) is 31.4. The number of ether oxygens (including phenoxy) is 4. The lowest BCUT2D eigenvalue weighted by Gasteiger charge is -2.42. The Labute approximate surface area is 259 Å². The third-order valence-corrected chi connectivity index (χ3v) is 9.35. The van der Waals surface area contributed by atoms with E-state index in [4.69, 9.17) is 18.9 Å². The first-order valence-corrected chi connectivity index (χ1v) is 16.0. The normalized spacial score (nSPS) is 26.7. The number of esters is 1. The van der Waals surface area contributed by atoms with Gasteiger partial charge in [-0.1, -0.05) is 6.07 Å². The highest BCUT2D eigenvalue weighted by molar-refractivity contribution is 5.79. The summed E-state index contributed by atoms with van der Waals surface area (Å²) in [5.41, 5.74) is 1.07. The van der Waals surface area contributed by atoms with Crippen LogP contribution in [0.4, 0.5) is 4.39 Å². The molecule has 11 heteroatoms. The third kappa shape index (κ3) is 8.35. The molecule has 244 valence electrons. The molecule has 2 N–H and O–H groups in total. The van der Waals surface area contributed by atoms with Crippen molar-refractivity contribution in [3.8, 4) is 0 Å². The molecule has 10 nitrogen and oxygen atoms in total. The lowest BCUT2D eigenvalue weighted by Crippen LogP contribution is -2.56. The molecule has 2 amide bonds. The summed E-state index contributed by atoms with van der Waals surface area (Å²) in [5, 5.41) is 7.00. The SMILES string of the molecule is CC(C)(C)OC(=O)CCOCCOCCOCCC(=O)NC12CC3CC(C1)C(NCC(=O)N1Cc4ccc(F)cc4C1)(C3)C2. The molecule has 44 heavy (non-hydrogen) atoms. The standard InChI is InChI=1S/C33H48FN3O7/c1-31(2,3)44-30(40)7-9-42-11-13-43-12-10-41-8-6-28(38)36-32-16-23-14-26(18-32)33(17-23,22-32)35-19-29(39)37-20-24-4-5-27(34)15-25(24)21-37/h4-5,15,23,26,35H,6-14,16-22H2,1-3H3,(H,36,38). The van der Waals surface area contributed by atoms with E-state index in [1.165, 1.54) is 12.1 Å². The second-order valence-electron chi connectivity index (χ2n) is 14.0. The summed E-state index contributed by atoms with van der Waals surface area (Å²) in [6, 6.07) is 4.74. The van der Waals surface area contributed by atoms with E-state index in [1.807, 2.05) is 20.8 Å². The summed E-state index contributed by atoms with van der Waals surface area (Å²) < 4.78 is 35.3. The zero-order valence-electron chi connectivity index (χ0n) is 26.4. The second kappa shape index (κ2) is 13.8. The molecule has 4 aliphatic carbocycles. The first-order chi connectivity index (χ1) is 20.9. The number of benzene rings is 1. The van der Waals surface area contributed by atoms with Crippen molar-refractivity contribution in [1.29, 1.82) is 0 Å². The van der Waals surface area contributed by atoms with Gasteiger partial charge < -0.3 is 34.5 Å². The first kappa shape index (κ1) is 32.8.